The highest BCUT2D eigenvalue weighted by Crippen LogP contribution is 2.60. The summed E-state index contributed by atoms with van der Waals surface area (Å²) in [4.78, 5) is 14.5. The topological polar surface area (TPSA) is 104 Å². The highest BCUT2D eigenvalue weighted by molar-refractivity contribution is 7.54. The fourth-order valence-electron chi connectivity index (χ4n) is 2.08. The fraction of sp³-hybridized carbons (Fsp3) is 0.357. The molecule has 2 aromatic rings. The summed E-state index contributed by atoms with van der Waals surface area (Å²) < 4.78 is 24.0. The lowest BCUT2D eigenvalue weighted by atomic mass is 10.2. The van der Waals surface area contributed by atoms with Gasteiger partial charge in [0.25, 0.3) is 5.69 Å². The molecule has 1 N–H and O–H groups in total. The zero-order chi connectivity index (χ0) is 17.6. The maximum Gasteiger partial charge on any atom is 0.357 e. The van der Waals surface area contributed by atoms with Crippen LogP contribution in [0.25, 0.3) is 0 Å². The summed E-state index contributed by atoms with van der Waals surface area (Å²) in [6, 6.07) is 5.78. The number of anilines is 1. The number of nitrogens with zero attached hydrogens (tertiary/aromatic N) is 2. The maximum atomic E-state index is 13.2. The lowest BCUT2D eigenvalue weighted by Gasteiger charge is -2.27. The Hall–Kier alpha value is -1.80. The quantitative estimate of drug-likeness (QED) is 0.395. The lowest BCUT2D eigenvalue weighted by Crippen LogP contribution is -2.15. The van der Waals surface area contributed by atoms with Crippen molar-refractivity contribution in [2.45, 2.75) is 19.6 Å². The van der Waals surface area contributed by atoms with Crippen LogP contribution in [0, 0.1) is 10.1 Å². The van der Waals surface area contributed by atoms with Gasteiger partial charge < -0.3 is 14.4 Å². The Bertz CT molecular complexity index is 698. The van der Waals surface area contributed by atoms with Crippen molar-refractivity contribution >= 4 is 29.8 Å². The molecule has 1 unspecified atom stereocenters. The van der Waals surface area contributed by atoms with E-state index in [0.717, 1.165) is 0 Å². The Morgan fingerprint density at radius 2 is 1.92 bits per heavy atom. The van der Waals surface area contributed by atoms with Gasteiger partial charge in [-0.25, -0.2) is 4.98 Å². The number of thiazole rings is 1. The van der Waals surface area contributed by atoms with Gasteiger partial charge in [-0.05, 0) is 31.5 Å². The first-order valence-electron chi connectivity index (χ1n) is 7.29. The van der Waals surface area contributed by atoms with Crippen LogP contribution in [0.3, 0.4) is 0 Å². The molecule has 0 aliphatic carbocycles. The normalized spacial score (nSPS) is 12.8. The predicted octanol–water partition coefficient (Wildman–Crippen LogP) is 4.43. The van der Waals surface area contributed by atoms with E-state index >= 15 is 0 Å². The monoisotopic (exact) mass is 371 g/mol. The zero-order valence-corrected chi connectivity index (χ0v) is 15.0. The van der Waals surface area contributed by atoms with Crippen LogP contribution in [-0.2, 0) is 13.6 Å². The second-order valence-electron chi connectivity index (χ2n) is 4.61. The summed E-state index contributed by atoms with van der Waals surface area (Å²) >= 11 is 1.34. The van der Waals surface area contributed by atoms with E-state index in [1.54, 1.807) is 25.4 Å². The van der Waals surface area contributed by atoms with Crippen molar-refractivity contribution in [1.29, 1.82) is 0 Å². The van der Waals surface area contributed by atoms with Crippen molar-refractivity contribution < 1.29 is 18.5 Å². The molecule has 1 aromatic carbocycles. The van der Waals surface area contributed by atoms with Gasteiger partial charge in [-0.1, -0.05) is 0 Å². The van der Waals surface area contributed by atoms with Crippen LogP contribution < -0.4 is 5.32 Å². The van der Waals surface area contributed by atoms with E-state index in [2.05, 4.69) is 10.3 Å². The molecule has 0 amide bonds. The van der Waals surface area contributed by atoms with Crippen molar-refractivity contribution in [3.63, 3.8) is 0 Å². The molecule has 2 rings (SSSR count). The molecule has 24 heavy (non-hydrogen) atoms. The molecule has 0 saturated carbocycles. The van der Waals surface area contributed by atoms with Gasteiger partial charge >= 0.3 is 7.60 Å². The number of nitro benzene ring substituents is 1. The Balaban J connectivity index is 2.41. The Morgan fingerprint density at radius 3 is 2.38 bits per heavy atom. The van der Waals surface area contributed by atoms with E-state index in [1.807, 2.05) is 0 Å². The van der Waals surface area contributed by atoms with Crippen LogP contribution in [0.5, 0.6) is 0 Å². The maximum absolute atomic E-state index is 13.2. The van der Waals surface area contributed by atoms with Gasteiger partial charge in [0.15, 0.2) is 10.9 Å². The number of hydrogen-bond donors (Lipinski definition) is 1. The van der Waals surface area contributed by atoms with E-state index in [4.69, 9.17) is 9.05 Å². The van der Waals surface area contributed by atoms with Gasteiger partial charge in [-0.3, -0.25) is 14.7 Å². The summed E-state index contributed by atoms with van der Waals surface area (Å²) in [6.45, 7) is 3.87. The average Bonchev–Trinajstić information content (AvgIpc) is 3.06. The third-order valence-electron chi connectivity index (χ3n) is 3.05. The molecule has 0 aliphatic rings. The second kappa shape index (κ2) is 8.34. The first-order valence-corrected chi connectivity index (χ1v) is 9.78. The van der Waals surface area contributed by atoms with Crippen LogP contribution in [0.4, 0.5) is 10.8 Å². The number of hydrogen-bond acceptors (Lipinski definition) is 8. The Labute approximate surface area is 143 Å². The van der Waals surface area contributed by atoms with Crippen molar-refractivity contribution in [3.8, 4) is 0 Å². The van der Waals surface area contributed by atoms with Crippen LogP contribution >= 0.6 is 18.9 Å². The van der Waals surface area contributed by atoms with Crippen molar-refractivity contribution in [2.24, 2.45) is 0 Å². The molecule has 0 saturated heterocycles. The van der Waals surface area contributed by atoms with Gasteiger partial charge in [0.1, 0.15) is 0 Å². The van der Waals surface area contributed by atoms with Gasteiger partial charge in [0.05, 0.1) is 18.1 Å². The molecule has 0 aliphatic heterocycles. The average molecular weight is 371 g/mol. The zero-order valence-electron chi connectivity index (χ0n) is 13.2. The molecule has 1 heterocycles. The van der Waals surface area contributed by atoms with Gasteiger partial charge in [0.2, 0.25) is 0 Å². The standard InChI is InChI=1S/C14H18N3O5PS/c1-3-21-23(20,22-4-2)13(16-14-15-9-10-24-14)11-5-7-12(8-6-11)17(18)19/h5-10,13H,3-4H2,1-2H3,(H,15,16). The fourth-order valence-corrected chi connectivity index (χ4v) is 4.64. The SMILES string of the molecule is CCOP(=O)(OCC)C(Nc1nccs1)c1ccc([N+](=O)[O-])cc1. The van der Waals surface area contributed by atoms with Crippen molar-refractivity contribution in [1.82, 2.24) is 4.98 Å². The first kappa shape index (κ1) is 18.5. The molecule has 0 spiro atoms. The molecule has 8 nitrogen and oxygen atoms in total. The van der Waals surface area contributed by atoms with Crippen molar-refractivity contribution in [2.75, 3.05) is 18.5 Å². The molecule has 0 bridgehead atoms. The molecule has 130 valence electrons. The van der Waals surface area contributed by atoms with E-state index < -0.39 is 18.3 Å². The molecule has 1 aromatic heterocycles. The minimum atomic E-state index is -3.55. The second-order valence-corrected chi connectivity index (χ2v) is 7.62. The number of nitrogens with one attached hydrogen (secondary N) is 1. The first-order chi connectivity index (χ1) is 11.5. The molecule has 0 fully saturated rings. The molecule has 1 atom stereocenters. The van der Waals surface area contributed by atoms with E-state index in [-0.39, 0.29) is 18.9 Å². The lowest BCUT2D eigenvalue weighted by molar-refractivity contribution is -0.384. The van der Waals surface area contributed by atoms with E-state index in [1.165, 1.54) is 35.6 Å². The van der Waals surface area contributed by atoms with Crippen LogP contribution in [0.1, 0.15) is 25.2 Å². The minimum Gasteiger partial charge on any atom is -0.344 e. The summed E-state index contributed by atoms with van der Waals surface area (Å²) in [5.41, 5.74) is 0.510. The molecule has 0 radical (unpaired) electrons. The van der Waals surface area contributed by atoms with Gasteiger partial charge in [-0.2, -0.15) is 0 Å². The van der Waals surface area contributed by atoms with Gasteiger partial charge in [0, 0.05) is 23.7 Å². The third kappa shape index (κ3) is 4.39. The minimum absolute atomic E-state index is 0.0469. The number of non-ortho nitro benzene ring substituents is 1. The number of nitro groups is 1. The van der Waals surface area contributed by atoms with Gasteiger partial charge in [-0.15, -0.1) is 11.3 Å². The van der Waals surface area contributed by atoms with Crippen molar-refractivity contribution in [3.05, 3.63) is 51.5 Å². The Morgan fingerprint density at radius 1 is 1.29 bits per heavy atom. The smallest absolute Gasteiger partial charge is 0.344 e. The third-order valence-corrected chi connectivity index (χ3v) is 6.05. The number of aromatic nitrogens is 1. The van der Waals surface area contributed by atoms with E-state index in [9.17, 15) is 14.7 Å². The molecular weight excluding hydrogens is 353 g/mol. The summed E-state index contributed by atoms with van der Waals surface area (Å²) in [5, 5.41) is 16.2. The van der Waals surface area contributed by atoms with Crippen LogP contribution in [0.15, 0.2) is 35.8 Å². The Kier molecular flexibility index (Phi) is 6.44. The predicted molar refractivity (Wildman–Crippen MR) is 92.4 cm³/mol. The van der Waals surface area contributed by atoms with Crippen LogP contribution in [-0.4, -0.2) is 23.1 Å². The van der Waals surface area contributed by atoms with Crippen LogP contribution in [0.2, 0.25) is 0 Å². The number of rotatable bonds is 9. The number of benzene rings is 1. The highest BCUT2D eigenvalue weighted by Gasteiger charge is 2.37. The largest absolute Gasteiger partial charge is 0.357 e. The summed E-state index contributed by atoms with van der Waals surface area (Å²) in [5.74, 6) is -0.815. The van der Waals surface area contributed by atoms with E-state index in [0.29, 0.717) is 10.7 Å². The summed E-state index contributed by atoms with van der Waals surface area (Å²) in [7, 11) is -3.55. The summed E-state index contributed by atoms with van der Waals surface area (Å²) in [6.07, 6.45) is 1.62. The molecular formula is C14H18N3O5PS. The molecule has 10 heteroatoms. The highest BCUT2D eigenvalue weighted by atomic mass is 32.1.